The molecule has 4 nitrogen and oxygen atoms in total. The lowest BCUT2D eigenvalue weighted by Gasteiger charge is -1.97. The maximum Gasteiger partial charge on any atom is 0.167 e. The number of aliphatic hydroxyl groups is 1. The van der Waals surface area contributed by atoms with E-state index in [1.807, 2.05) is 0 Å². The molecule has 0 aliphatic heterocycles. The van der Waals surface area contributed by atoms with Crippen LogP contribution in [0.15, 0.2) is 0 Å². The van der Waals surface area contributed by atoms with Crippen molar-refractivity contribution in [3.63, 3.8) is 0 Å². The lowest BCUT2D eigenvalue weighted by atomic mass is 10.5. The minimum absolute atomic E-state index is 0.0833. The largest absolute Gasteiger partial charge is 0.396 e. The summed E-state index contributed by atoms with van der Waals surface area (Å²) in [6.45, 7) is 0.702. The van der Waals surface area contributed by atoms with Crippen molar-refractivity contribution < 1.29 is 13.9 Å². The highest BCUT2D eigenvalue weighted by molar-refractivity contribution is 7.79. The van der Waals surface area contributed by atoms with E-state index >= 15 is 0 Å². The third-order valence-electron chi connectivity index (χ3n) is 0.737. The van der Waals surface area contributed by atoms with E-state index in [-0.39, 0.29) is 12.5 Å². The summed E-state index contributed by atoms with van der Waals surface area (Å²) >= 11 is -1.76. The molecule has 1 unspecified atom stereocenters. The zero-order chi connectivity index (χ0) is 7.11. The predicted molar refractivity (Wildman–Crippen MR) is 35.3 cm³/mol. The molecule has 56 valence electrons. The second-order valence-electron chi connectivity index (χ2n) is 1.54. The molecule has 0 aromatic rings. The summed E-state index contributed by atoms with van der Waals surface area (Å²) in [4.78, 5) is 0. The van der Waals surface area contributed by atoms with Crippen molar-refractivity contribution in [1.29, 1.82) is 0 Å². The van der Waals surface area contributed by atoms with Crippen LogP contribution in [-0.4, -0.2) is 32.9 Å². The Labute approximate surface area is 56.6 Å². The first-order valence-corrected chi connectivity index (χ1v) is 3.94. The van der Waals surface area contributed by atoms with Crippen LogP contribution in [0.4, 0.5) is 0 Å². The molecular weight excluding hydrogens is 142 g/mol. The van der Waals surface area contributed by atoms with Crippen molar-refractivity contribution in [2.45, 2.75) is 6.42 Å². The van der Waals surface area contributed by atoms with Crippen LogP contribution in [0, 0.1) is 0 Å². The fourth-order valence-electron chi connectivity index (χ4n) is 0.364. The summed E-state index contributed by atoms with van der Waals surface area (Å²) in [6.07, 6.45) is 0.622. The average molecular weight is 153 g/mol. The third kappa shape index (κ3) is 8.03. The molecule has 0 rings (SSSR count). The van der Waals surface area contributed by atoms with Crippen molar-refractivity contribution in [3.05, 3.63) is 0 Å². The van der Waals surface area contributed by atoms with Gasteiger partial charge in [0.2, 0.25) is 0 Å². The van der Waals surface area contributed by atoms with Crippen LogP contribution in [0.5, 0.6) is 0 Å². The maximum atomic E-state index is 9.95. The molecule has 0 spiro atoms. The second kappa shape index (κ2) is 6.15. The van der Waals surface area contributed by atoms with E-state index in [1.165, 1.54) is 0 Å². The topological polar surface area (TPSA) is 69.6 Å². The first-order valence-electron chi connectivity index (χ1n) is 2.66. The van der Waals surface area contributed by atoms with E-state index in [2.05, 4.69) is 5.32 Å². The van der Waals surface area contributed by atoms with Gasteiger partial charge in [0.05, 0.1) is 5.88 Å². The molecule has 3 N–H and O–H groups in total. The van der Waals surface area contributed by atoms with E-state index in [0.29, 0.717) is 13.0 Å². The fourth-order valence-corrected chi connectivity index (χ4v) is 0.682. The first kappa shape index (κ1) is 9.03. The SMILES string of the molecule is O=S(O)CNCCCO. The standard InChI is InChI=1S/C4H11NO3S/c6-3-1-2-5-4-9(7)8/h5-6H,1-4H2,(H,7,8). The van der Waals surface area contributed by atoms with Gasteiger partial charge in [-0.3, -0.25) is 0 Å². The summed E-state index contributed by atoms with van der Waals surface area (Å²) < 4.78 is 18.1. The highest BCUT2D eigenvalue weighted by Gasteiger charge is 1.89. The zero-order valence-electron chi connectivity index (χ0n) is 5.04. The minimum atomic E-state index is -1.76. The molecule has 0 radical (unpaired) electrons. The summed E-state index contributed by atoms with van der Waals surface area (Å²) in [7, 11) is 0. The molecule has 0 amide bonds. The monoisotopic (exact) mass is 153 g/mol. The van der Waals surface area contributed by atoms with Gasteiger partial charge in [0.1, 0.15) is 0 Å². The van der Waals surface area contributed by atoms with Crippen LogP contribution in [0.2, 0.25) is 0 Å². The van der Waals surface area contributed by atoms with Gasteiger partial charge in [-0.2, -0.15) is 0 Å². The van der Waals surface area contributed by atoms with Gasteiger partial charge in [0.25, 0.3) is 0 Å². The predicted octanol–water partition coefficient (Wildman–Crippen LogP) is -0.862. The fraction of sp³-hybridized carbons (Fsp3) is 1.00. The van der Waals surface area contributed by atoms with Gasteiger partial charge in [-0.05, 0) is 13.0 Å². The van der Waals surface area contributed by atoms with E-state index in [4.69, 9.17) is 9.66 Å². The highest BCUT2D eigenvalue weighted by atomic mass is 32.2. The molecule has 0 saturated carbocycles. The average Bonchev–Trinajstić information content (AvgIpc) is 1.80. The van der Waals surface area contributed by atoms with E-state index < -0.39 is 11.1 Å². The number of hydrogen-bond acceptors (Lipinski definition) is 3. The van der Waals surface area contributed by atoms with Crippen LogP contribution in [0.1, 0.15) is 6.42 Å². The summed E-state index contributed by atoms with van der Waals surface area (Å²) in [5.74, 6) is 0.0833. The molecule has 0 aliphatic rings. The molecule has 0 aromatic carbocycles. The van der Waals surface area contributed by atoms with Gasteiger partial charge in [-0.15, -0.1) is 0 Å². The lowest BCUT2D eigenvalue weighted by molar-refractivity contribution is 0.287. The van der Waals surface area contributed by atoms with Crippen LogP contribution in [-0.2, 0) is 11.1 Å². The van der Waals surface area contributed by atoms with E-state index in [1.54, 1.807) is 0 Å². The number of hydrogen-bond donors (Lipinski definition) is 3. The Morgan fingerprint density at radius 3 is 2.67 bits per heavy atom. The second-order valence-corrected chi connectivity index (χ2v) is 2.47. The van der Waals surface area contributed by atoms with Gasteiger partial charge in [-0.25, -0.2) is 4.21 Å². The normalized spacial score (nSPS) is 13.6. The molecule has 0 fully saturated rings. The molecule has 0 aromatic heterocycles. The molecular formula is C4H11NO3S. The van der Waals surface area contributed by atoms with Gasteiger partial charge in [0, 0.05) is 6.61 Å². The first-order chi connectivity index (χ1) is 4.27. The van der Waals surface area contributed by atoms with Crippen molar-refractivity contribution >= 4 is 11.1 Å². The van der Waals surface area contributed by atoms with Gasteiger partial charge < -0.3 is 15.0 Å². The Kier molecular flexibility index (Phi) is 6.18. The molecule has 1 atom stereocenters. The zero-order valence-corrected chi connectivity index (χ0v) is 5.86. The van der Waals surface area contributed by atoms with Crippen LogP contribution < -0.4 is 5.32 Å². The molecule has 0 saturated heterocycles. The quantitative estimate of drug-likeness (QED) is 0.355. The molecule has 0 heterocycles. The van der Waals surface area contributed by atoms with Crippen LogP contribution >= 0.6 is 0 Å². The van der Waals surface area contributed by atoms with E-state index in [9.17, 15) is 4.21 Å². The Balaban J connectivity index is 2.83. The Hall–Kier alpha value is 0.0300. The summed E-state index contributed by atoms with van der Waals surface area (Å²) in [6, 6.07) is 0. The highest BCUT2D eigenvalue weighted by Crippen LogP contribution is 1.72. The van der Waals surface area contributed by atoms with Crippen LogP contribution in [0.25, 0.3) is 0 Å². The van der Waals surface area contributed by atoms with Gasteiger partial charge >= 0.3 is 0 Å². The molecule has 0 bridgehead atoms. The van der Waals surface area contributed by atoms with Crippen molar-refractivity contribution in [2.24, 2.45) is 0 Å². The smallest absolute Gasteiger partial charge is 0.167 e. The molecule has 9 heavy (non-hydrogen) atoms. The van der Waals surface area contributed by atoms with Crippen molar-refractivity contribution in [3.8, 4) is 0 Å². The number of rotatable bonds is 5. The summed E-state index contributed by atoms with van der Waals surface area (Å²) in [5.41, 5.74) is 0. The Morgan fingerprint density at radius 1 is 1.56 bits per heavy atom. The van der Waals surface area contributed by atoms with Gasteiger partial charge in [0.15, 0.2) is 11.1 Å². The maximum absolute atomic E-state index is 9.95. The number of nitrogens with one attached hydrogen (secondary N) is 1. The molecule has 0 aliphatic carbocycles. The summed E-state index contributed by atoms with van der Waals surface area (Å²) in [5, 5.41) is 10.9. The minimum Gasteiger partial charge on any atom is -0.396 e. The van der Waals surface area contributed by atoms with Crippen LogP contribution in [0.3, 0.4) is 0 Å². The van der Waals surface area contributed by atoms with Crippen molar-refractivity contribution in [1.82, 2.24) is 5.32 Å². The van der Waals surface area contributed by atoms with E-state index in [0.717, 1.165) is 0 Å². The van der Waals surface area contributed by atoms with Gasteiger partial charge in [-0.1, -0.05) is 0 Å². The lowest BCUT2D eigenvalue weighted by Crippen LogP contribution is -2.20. The number of aliphatic hydroxyl groups excluding tert-OH is 1. The third-order valence-corrected chi connectivity index (χ3v) is 1.19. The molecule has 5 heteroatoms. The van der Waals surface area contributed by atoms with Crippen molar-refractivity contribution in [2.75, 3.05) is 19.0 Å². The Bertz CT molecular complexity index is 87.9. The Morgan fingerprint density at radius 2 is 2.22 bits per heavy atom.